The minimum atomic E-state index is -4.25. The van der Waals surface area contributed by atoms with Crippen LogP contribution in [0.3, 0.4) is 0 Å². The van der Waals surface area contributed by atoms with E-state index >= 15 is 0 Å². The van der Waals surface area contributed by atoms with Crippen molar-refractivity contribution in [2.45, 2.75) is 63.8 Å². The van der Waals surface area contributed by atoms with E-state index in [9.17, 15) is 18.0 Å². The molecule has 1 saturated carbocycles. The molecular weight excluding hydrogens is 373 g/mol. The molecule has 3 rings (SSSR count). The van der Waals surface area contributed by atoms with Gasteiger partial charge in [-0.2, -0.15) is 13.2 Å². The van der Waals surface area contributed by atoms with Crippen molar-refractivity contribution in [2.24, 2.45) is 0 Å². The molecule has 0 radical (unpaired) electrons. The molecule has 0 bridgehead atoms. The van der Waals surface area contributed by atoms with Gasteiger partial charge < -0.3 is 10.6 Å². The van der Waals surface area contributed by atoms with E-state index in [0.717, 1.165) is 6.92 Å². The minimum Gasteiger partial charge on any atom is -0.348 e. The third-order valence-corrected chi connectivity index (χ3v) is 4.85. The second kappa shape index (κ2) is 8.26. The number of aryl methyl sites for hydroxylation is 1. The Hall–Kier alpha value is -2.49. The minimum absolute atomic E-state index is 0.0845. The Balaban J connectivity index is 1.56. The van der Waals surface area contributed by atoms with Crippen LogP contribution in [0.4, 0.5) is 13.2 Å². The van der Waals surface area contributed by atoms with Gasteiger partial charge in [0.05, 0.1) is 0 Å². The van der Waals surface area contributed by atoms with Crippen molar-refractivity contribution in [3.05, 3.63) is 36.2 Å². The summed E-state index contributed by atoms with van der Waals surface area (Å²) in [5, 5.41) is 5.56. The van der Waals surface area contributed by atoms with Crippen LogP contribution in [0.5, 0.6) is 0 Å². The first kappa shape index (κ1) is 20.2. The number of carbonyl (C=O) groups excluding carboxylic acids is 1. The summed E-state index contributed by atoms with van der Waals surface area (Å²) in [5.74, 6) is 0.0450. The van der Waals surface area contributed by atoms with Gasteiger partial charge in [0.1, 0.15) is 18.1 Å². The largest absolute Gasteiger partial charge is 0.403 e. The van der Waals surface area contributed by atoms with Gasteiger partial charge in [-0.15, -0.1) is 0 Å². The Morgan fingerprint density at radius 1 is 1.21 bits per heavy atom. The molecule has 1 amide bonds. The number of amides is 1. The van der Waals surface area contributed by atoms with E-state index in [1.807, 2.05) is 0 Å². The summed E-state index contributed by atoms with van der Waals surface area (Å²) in [6.07, 6.45) is 2.97. The van der Waals surface area contributed by atoms with Gasteiger partial charge in [0.2, 0.25) is 5.95 Å². The molecule has 2 aromatic rings. The average molecular weight is 396 g/mol. The lowest BCUT2D eigenvalue weighted by molar-refractivity contribution is -0.153. The summed E-state index contributed by atoms with van der Waals surface area (Å²) >= 11 is 0. The van der Waals surface area contributed by atoms with E-state index in [2.05, 4.69) is 25.6 Å². The molecule has 152 valence electrons. The van der Waals surface area contributed by atoms with Crippen LogP contribution < -0.4 is 10.6 Å². The second-order valence-corrected chi connectivity index (χ2v) is 7.12. The molecule has 2 heterocycles. The van der Waals surface area contributed by atoms with Gasteiger partial charge in [-0.05, 0) is 45.6 Å². The first-order valence-electron chi connectivity index (χ1n) is 9.20. The van der Waals surface area contributed by atoms with Crippen molar-refractivity contribution < 1.29 is 18.0 Å². The topological polar surface area (TPSA) is 84.7 Å². The molecule has 1 atom stereocenters. The summed E-state index contributed by atoms with van der Waals surface area (Å²) in [6.45, 7) is 2.90. The fourth-order valence-electron chi connectivity index (χ4n) is 3.27. The Morgan fingerprint density at radius 2 is 1.89 bits per heavy atom. The van der Waals surface area contributed by atoms with E-state index in [-0.39, 0.29) is 23.7 Å². The average Bonchev–Trinajstić information content (AvgIpc) is 3.16. The van der Waals surface area contributed by atoms with Crippen LogP contribution in [0, 0.1) is 6.92 Å². The molecule has 0 aromatic carbocycles. The number of carbonyl (C=O) groups is 1. The second-order valence-electron chi connectivity index (χ2n) is 7.12. The third kappa shape index (κ3) is 5.06. The van der Waals surface area contributed by atoms with E-state index in [1.54, 1.807) is 36.3 Å². The predicted octanol–water partition coefficient (Wildman–Crippen LogP) is 2.55. The van der Waals surface area contributed by atoms with Gasteiger partial charge in [0, 0.05) is 30.2 Å². The lowest BCUT2D eigenvalue weighted by Crippen LogP contribution is -2.48. The molecule has 0 unspecified atom stereocenters. The molecule has 0 aliphatic heterocycles. The zero-order valence-electron chi connectivity index (χ0n) is 15.7. The van der Waals surface area contributed by atoms with Crippen LogP contribution in [0.15, 0.2) is 24.8 Å². The number of hydrogen-bond acceptors (Lipinski definition) is 5. The molecule has 0 spiro atoms. The normalized spacial score (nSPS) is 21.3. The standard InChI is InChI=1S/C18H23F3N6O/c1-11-9-15(26-17(23-11)27-8-7-22-10-27)16(28)25-14-5-3-13(4-6-14)24-12(2)18(19,20)21/h7-10,12-14,24H,3-6H2,1-2H3,(H,25,28)/t12-,13-,14-/m1/s1. The highest BCUT2D eigenvalue weighted by molar-refractivity contribution is 5.92. The Bertz CT molecular complexity index is 800. The third-order valence-electron chi connectivity index (χ3n) is 4.85. The number of aromatic nitrogens is 4. The van der Waals surface area contributed by atoms with Crippen molar-refractivity contribution in [1.82, 2.24) is 30.2 Å². The van der Waals surface area contributed by atoms with Gasteiger partial charge in [-0.3, -0.25) is 9.36 Å². The molecule has 1 aliphatic carbocycles. The van der Waals surface area contributed by atoms with E-state index in [4.69, 9.17) is 0 Å². The fourth-order valence-corrected chi connectivity index (χ4v) is 3.27. The number of halogens is 3. The van der Waals surface area contributed by atoms with Crippen LogP contribution in [-0.4, -0.2) is 49.7 Å². The number of nitrogens with one attached hydrogen (secondary N) is 2. The smallest absolute Gasteiger partial charge is 0.348 e. The Labute approximate surface area is 160 Å². The number of hydrogen-bond donors (Lipinski definition) is 2. The molecule has 1 fully saturated rings. The number of nitrogens with zero attached hydrogens (tertiary/aromatic N) is 4. The molecule has 2 N–H and O–H groups in total. The first-order chi connectivity index (χ1) is 13.2. The fraction of sp³-hybridized carbons (Fsp3) is 0.556. The van der Waals surface area contributed by atoms with Crippen molar-refractivity contribution in [3.63, 3.8) is 0 Å². The lowest BCUT2D eigenvalue weighted by atomic mass is 9.90. The number of rotatable bonds is 5. The lowest BCUT2D eigenvalue weighted by Gasteiger charge is -2.32. The highest BCUT2D eigenvalue weighted by Gasteiger charge is 2.37. The highest BCUT2D eigenvalue weighted by Crippen LogP contribution is 2.24. The SMILES string of the molecule is Cc1cc(C(=O)N[C@H]2CC[C@H](N[C@H](C)C(F)(F)F)CC2)nc(-n2ccnc2)n1. The van der Waals surface area contributed by atoms with Gasteiger partial charge in [0.15, 0.2) is 0 Å². The Kier molecular flexibility index (Phi) is 5.97. The summed E-state index contributed by atoms with van der Waals surface area (Å²) in [6, 6.07) is -0.208. The first-order valence-corrected chi connectivity index (χ1v) is 9.20. The maximum atomic E-state index is 12.7. The van der Waals surface area contributed by atoms with E-state index in [0.29, 0.717) is 37.3 Å². The molecule has 2 aromatic heterocycles. The monoisotopic (exact) mass is 396 g/mol. The van der Waals surface area contributed by atoms with Crippen molar-refractivity contribution in [1.29, 1.82) is 0 Å². The molecule has 10 heteroatoms. The Morgan fingerprint density at radius 3 is 2.50 bits per heavy atom. The highest BCUT2D eigenvalue weighted by atomic mass is 19.4. The van der Waals surface area contributed by atoms with Gasteiger partial charge in [0.25, 0.3) is 5.91 Å². The zero-order chi connectivity index (χ0) is 20.3. The van der Waals surface area contributed by atoms with Gasteiger partial charge in [-0.25, -0.2) is 15.0 Å². The summed E-state index contributed by atoms with van der Waals surface area (Å²) < 4.78 is 39.6. The van der Waals surface area contributed by atoms with Crippen LogP contribution in [-0.2, 0) is 0 Å². The van der Waals surface area contributed by atoms with Crippen LogP contribution in [0.1, 0.15) is 48.8 Å². The number of imidazole rings is 1. The van der Waals surface area contributed by atoms with Crippen LogP contribution in [0.2, 0.25) is 0 Å². The van der Waals surface area contributed by atoms with Crippen molar-refractivity contribution in [2.75, 3.05) is 0 Å². The van der Waals surface area contributed by atoms with E-state index < -0.39 is 12.2 Å². The zero-order valence-corrected chi connectivity index (χ0v) is 15.7. The van der Waals surface area contributed by atoms with Crippen LogP contribution in [0.25, 0.3) is 5.95 Å². The summed E-state index contributed by atoms with van der Waals surface area (Å²) in [5.41, 5.74) is 0.903. The quantitative estimate of drug-likeness (QED) is 0.812. The summed E-state index contributed by atoms with van der Waals surface area (Å²) in [4.78, 5) is 25.1. The predicted molar refractivity (Wildman–Crippen MR) is 96.1 cm³/mol. The van der Waals surface area contributed by atoms with Crippen molar-refractivity contribution >= 4 is 5.91 Å². The molecule has 1 aliphatic rings. The maximum Gasteiger partial charge on any atom is 0.403 e. The van der Waals surface area contributed by atoms with Crippen molar-refractivity contribution in [3.8, 4) is 5.95 Å². The molecule has 0 saturated heterocycles. The van der Waals surface area contributed by atoms with Crippen LogP contribution >= 0.6 is 0 Å². The maximum absolute atomic E-state index is 12.7. The number of alkyl halides is 3. The molecule has 28 heavy (non-hydrogen) atoms. The summed E-state index contributed by atoms with van der Waals surface area (Å²) in [7, 11) is 0. The van der Waals surface area contributed by atoms with E-state index in [1.165, 1.54) is 0 Å². The van der Waals surface area contributed by atoms with Gasteiger partial charge >= 0.3 is 6.18 Å². The van der Waals surface area contributed by atoms with Gasteiger partial charge in [-0.1, -0.05) is 0 Å². The molecule has 7 nitrogen and oxygen atoms in total. The molecular formula is C18H23F3N6O.